The summed E-state index contributed by atoms with van der Waals surface area (Å²) in [6, 6.07) is 3.58. The maximum atomic E-state index is 9.39. The van der Waals surface area contributed by atoms with Gasteiger partial charge >= 0.3 is 0 Å². The first kappa shape index (κ1) is 11.9. The Kier molecular flexibility index (Phi) is 3.31. The van der Waals surface area contributed by atoms with Crippen molar-refractivity contribution in [1.82, 2.24) is 4.98 Å². The SMILES string of the molecule is CCC(CO)(CO)Nc1nccc2occc12. The summed E-state index contributed by atoms with van der Waals surface area (Å²) in [4.78, 5) is 4.21. The van der Waals surface area contributed by atoms with Crippen molar-refractivity contribution in [2.24, 2.45) is 0 Å². The van der Waals surface area contributed by atoms with E-state index in [0.717, 1.165) is 11.0 Å². The smallest absolute Gasteiger partial charge is 0.139 e. The third-order valence-electron chi connectivity index (χ3n) is 3.05. The molecular weight excluding hydrogens is 220 g/mol. The number of aliphatic hydroxyl groups is 2. The first-order chi connectivity index (χ1) is 8.24. The molecule has 2 aromatic rings. The second-order valence-electron chi connectivity index (χ2n) is 4.07. The van der Waals surface area contributed by atoms with Crippen molar-refractivity contribution in [2.45, 2.75) is 18.9 Å². The molecule has 2 rings (SSSR count). The molecule has 0 amide bonds. The second kappa shape index (κ2) is 4.73. The summed E-state index contributed by atoms with van der Waals surface area (Å²) in [7, 11) is 0. The van der Waals surface area contributed by atoms with Gasteiger partial charge in [-0.25, -0.2) is 4.98 Å². The van der Waals surface area contributed by atoms with Gasteiger partial charge in [0.25, 0.3) is 0 Å². The van der Waals surface area contributed by atoms with Gasteiger partial charge in [0.15, 0.2) is 0 Å². The van der Waals surface area contributed by atoms with E-state index in [1.807, 2.05) is 6.92 Å². The minimum atomic E-state index is -0.751. The molecule has 0 spiro atoms. The molecule has 0 saturated heterocycles. The molecule has 0 aromatic carbocycles. The highest BCUT2D eigenvalue weighted by molar-refractivity contribution is 5.88. The molecule has 0 fully saturated rings. The third-order valence-corrected chi connectivity index (χ3v) is 3.05. The molecule has 0 atom stereocenters. The third kappa shape index (κ3) is 2.11. The lowest BCUT2D eigenvalue weighted by molar-refractivity contribution is 0.132. The average molecular weight is 236 g/mol. The Morgan fingerprint density at radius 3 is 2.76 bits per heavy atom. The number of anilines is 1. The Balaban J connectivity index is 2.37. The quantitative estimate of drug-likeness (QED) is 0.730. The molecular formula is C12H16N2O3. The Hall–Kier alpha value is -1.59. The van der Waals surface area contributed by atoms with Crippen LogP contribution < -0.4 is 5.32 Å². The molecule has 0 aliphatic rings. The molecule has 0 aliphatic carbocycles. The van der Waals surface area contributed by atoms with Crippen LogP contribution in [0.3, 0.4) is 0 Å². The predicted molar refractivity (Wildman–Crippen MR) is 64.8 cm³/mol. The highest BCUT2D eigenvalue weighted by atomic mass is 16.3. The Labute approximate surface area is 99.1 Å². The predicted octanol–water partition coefficient (Wildman–Crippen LogP) is 1.37. The zero-order valence-electron chi connectivity index (χ0n) is 9.68. The maximum Gasteiger partial charge on any atom is 0.139 e. The summed E-state index contributed by atoms with van der Waals surface area (Å²) >= 11 is 0. The number of hydrogen-bond acceptors (Lipinski definition) is 5. The number of furan rings is 1. The number of pyridine rings is 1. The fraction of sp³-hybridized carbons (Fsp3) is 0.417. The van der Waals surface area contributed by atoms with Crippen LogP contribution in [0.4, 0.5) is 5.82 Å². The van der Waals surface area contributed by atoms with Crippen molar-refractivity contribution in [3.63, 3.8) is 0 Å². The Bertz CT molecular complexity index is 483. The van der Waals surface area contributed by atoms with Gasteiger partial charge in [-0.3, -0.25) is 0 Å². The molecule has 92 valence electrons. The minimum Gasteiger partial charge on any atom is -0.464 e. The molecule has 3 N–H and O–H groups in total. The standard InChI is InChI=1S/C12H16N2O3/c1-2-12(7-15,8-16)14-11-9-4-6-17-10(9)3-5-13-11/h3-6,15-16H,2,7-8H2,1H3,(H,13,14). The zero-order chi connectivity index (χ0) is 12.3. The fourth-order valence-electron chi connectivity index (χ4n) is 1.69. The van der Waals surface area contributed by atoms with Gasteiger partial charge in [-0.2, -0.15) is 0 Å². The van der Waals surface area contributed by atoms with Gasteiger partial charge in [-0.15, -0.1) is 0 Å². The van der Waals surface area contributed by atoms with Crippen LogP contribution in [0.15, 0.2) is 29.0 Å². The van der Waals surface area contributed by atoms with Gasteiger partial charge in [-0.1, -0.05) is 6.92 Å². The van der Waals surface area contributed by atoms with Gasteiger partial charge in [0.1, 0.15) is 11.4 Å². The number of aromatic nitrogens is 1. The summed E-state index contributed by atoms with van der Waals surface area (Å²) in [6.07, 6.45) is 3.81. The summed E-state index contributed by atoms with van der Waals surface area (Å²) in [5, 5.41) is 22.7. The van der Waals surface area contributed by atoms with E-state index in [4.69, 9.17) is 4.42 Å². The number of aliphatic hydroxyl groups excluding tert-OH is 2. The average Bonchev–Trinajstić information content (AvgIpc) is 2.85. The molecule has 5 nitrogen and oxygen atoms in total. The summed E-state index contributed by atoms with van der Waals surface area (Å²) in [6.45, 7) is 1.58. The molecule has 0 bridgehead atoms. The molecule has 0 unspecified atom stereocenters. The highest BCUT2D eigenvalue weighted by Gasteiger charge is 2.27. The van der Waals surface area contributed by atoms with E-state index in [0.29, 0.717) is 12.2 Å². The highest BCUT2D eigenvalue weighted by Crippen LogP contribution is 2.25. The normalized spacial score (nSPS) is 11.9. The molecule has 5 heteroatoms. The van der Waals surface area contributed by atoms with Crippen molar-refractivity contribution >= 4 is 16.8 Å². The first-order valence-electron chi connectivity index (χ1n) is 5.57. The lowest BCUT2D eigenvalue weighted by Gasteiger charge is -2.30. The van der Waals surface area contributed by atoms with Crippen LogP contribution in [0.5, 0.6) is 0 Å². The number of fused-ring (bicyclic) bond motifs is 1. The summed E-state index contributed by atoms with van der Waals surface area (Å²) < 4.78 is 5.27. The maximum absolute atomic E-state index is 9.39. The summed E-state index contributed by atoms with van der Waals surface area (Å²) in [5.74, 6) is 0.612. The fourth-order valence-corrected chi connectivity index (χ4v) is 1.69. The lowest BCUT2D eigenvalue weighted by atomic mass is 9.98. The molecule has 2 aromatic heterocycles. The van der Waals surface area contributed by atoms with Crippen molar-refractivity contribution in [3.05, 3.63) is 24.6 Å². The Morgan fingerprint density at radius 1 is 1.35 bits per heavy atom. The van der Waals surface area contributed by atoms with Crippen molar-refractivity contribution in [2.75, 3.05) is 18.5 Å². The van der Waals surface area contributed by atoms with Crippen molar-refractivity contribution in [1.29, 1.82) is 0 Å². The molecule has 2 heterocycles. The summed E-state index contributed by atoms with van der Waals surface area (Å²) in [5.41, 5.74) is -0.0261. The van der Waals surface area contributed by atoms with Crippen LogP contribution in [-0.2, 0) is 0 Å². The largest absolute Gasteiger partial charge is 0.464 e. The number of rotatable bonds is 5. The van der Waals surface area contributed by atoms with E-state index in [2.05, 4.69) is 10.3 Å². The van der Waals surface area contributed by atoms with E-state index >= 15 is 0 Å². The van der Waals surface area contributed by atoms with Crippen molar-refractivity contribution in [3.8, 4) is 0 Å². The van der Waals surface area contributed by atoms with Gasteiger partial charge in [-0.05, 0) is 18.6 Å². The van der Waals surface area contributed by atoms with E-state index in [1.54, 1.807) is 24.6 Å². The van der Waals surface area contributed by atoms with Gasteiger partial charge in [0.2, 0.25) is 0 Å². The van der Waals surface area contributed by atoms with E-state index in [-0.39, 0.29) is 13.2 Å². The van der Waals surface area contributed by atoms with Crippen molar-refractivity contribution < 1.29 is 14.6 Å². The number of hydrogen-bond donors (Lipinski definition) is 3. The van der Waals surface area contributed by atoms with Gasteiger partial charge in [0.05, 0.1) is 30.4 Å². The van der Waals surface area contributed by atoms with Gasteiger partial charge < -0.3 is 19.9 Å². The molecule has 0 saturated carbocycles. The minimum absolute atomic E-state index is 0.157. The van der Waals surface area contributed by atoms with Crippen LogP contribution in [0.1, 0.15) is 13.3 Å². The van der Waals surface area contributed by atoms with Crippen LogP contribution >= 0.6 is 0 Å². The van der Waals surface area contributed by atoms with Crippen LogP contribution in [0.25, 0.3) is 11.0 Å². The number of nitrogens with zero attached hydrogens (tertiary/aromatic N) is 1. The first-order valence-corrected chi connectivity index (χ1v) is 5.57. The van der Waals surface area contributed by atoms with E-state index < -0.39 is 5.54 Å². The number of nitrogens with one attached hydrogen (secondary N) is 1. The van der Waals surface area contributed by atoms with Crippen LogP contribution in [0, 0.1) is 0 Å². The van der Waals surface area contributed by atoms with E-state index in [9.17, 15) is 10.2 Å². The molecule has 17 heavy (non-hydrogen) atoms. The van der Waals surface area contributed by atoms with Crippen LogP contribution in [0.2, 0.25) is 0 Å². The molecule has 0 aliphatic heterocycles. The molecule has 0 radical (unpaired) electrons. The lowest BCUT2D eigenvalue weighted by Crippen LogP contribution is -2.45. The van der Waals surface area contributed by atoms with Crippen LogP contribution in [-0.4, -0.2) is 33.9 Å². The topological polar surface area (TPSA) is 78.5 Å². The Morgan fingerprint density at radius 2 is 2.12 bits per heavy atom. The van der Waals surface area contributed by atoms with E-state index in [1.165, 1.54) is 0 Å². The second-order valence-corrected chi connectivity index (χ2v) is 4.07. The monoisotopic (exact) mass is 236 g/mol. The zero-order valence-corrected chi connectivity index (χ0v) is 9.68. The van der Waals surface area contributed by atoms with Gasteiger partial charge in [0, 0.05) is 6.20 Å².